The van der Waals surface area contributed by atoms with E-state index in [9.17, 15) is 9.59 Å². The number of amides is 1. The van der Waals surface area contributed by atoms with Gasteiger partial charge in [0.05, 0.1) is 7.11 Å². The van der Waals surface area contributed by atoms with Crippen molar-refractivity contribution >= 4 is 11.9 Å². The maximum absolute atomic E-state index is 11.6. The van der Waals surface area contributed by atoms with Crippen LogP contribution in [-0.2, 0) is 14.3 Å². The average Bonchev–Trinajstić information content (AvgIpc) is 2.26. The fourth-order valence-corrected chi connectivity index (χ4v) is 1.42. The van der Waals surface area contributed by atoms with E-state index in [1.807, 2.05) is 13.8 Å². The van der Waals surface area contributed by atoms with Crippen LogP contribution < -0.4 is 5.32 Å². The van der Waals surface area contributed by atoms with E-state index in [0.29, 0.717) is 25.7 Å². The maximum Gasteiger partial charge on any atom is 0.328 e. The van der Waals surface area contributed by atoms with Crippen LogP contribution in [0, 0.1) is 18.3 Å². The van der Waals surface area contributed by atoms with Crippen LogP contribution in [0.2, 0.25) is 0 Å². The van der Waals surface area contributed by atoms with Crippen molar-refractivity contribution in [3.63, 3.8) is 0 Å². The molecule has 1 amide bonds. The van der Waals surface area contributed by atoms with Gasteiger partial charge in [-0.1, -0.05) is 13.8 Å². The molecule has 0 aromatic carbocycles. The molecule has 0 aromatic heterocycles. The Hall–Kier alpha value is -1.50. The van der Waals surface area contributed by atoms with Gasteiger partial charge in [0.25, 0.3) is 0 Å². The number of methoxy groups -OCH3 is 1. The SMILES string of the molecule is C#CCCC[C@@H](NC(=O)CC(C)C)C(=O)OC. The molecular formula is C13H21NO3. The van der Waals surface area contributed by atoms with Crippen LogP contribution in [0.5, 0.6) is 0 Å². The normalized spacial score (nSPS) is 11.7. The van der Waals surface area contributed by atoms with Crippen molar-refractivity contribution in [2.24, 2.45) is 5.92 Å². The second-order valence-electron chi connectivity index (χ2n) is 4.34. The molecule has 0 rings (SSSR count). The average molecular weight is 239 g/mol. The molecule has 96 valence electrons. The van der Waals surface area contributed by atoms with E-state index in [0.717, 1.165) is 0 Å². The van der Waals surface area contributed by atoms with Crippen LogP contribution >= 0.6 is 0 Å². The summed E-state index contributed by atoms with van der Waals surface area (Å²) < 4.78 is 4.64. The Morgan fingerprint density at radius 2 is 2.06 bits per heavy atom. The highest BCUT2D eigenvalue weighted by molar-refractivity contribution is 5.84. The number of rotatable bonds is 7. The number of ether oxygens (including phenoxy) is 1. The molecule has 0 saturated heterocycles. The van der Waals surface area contributed by atoms with Crippen LogP contribution in [0.15, 0.2) is 0 Å². The van der Waals surface area contributed by atoms with Gasteiger partial charge in [0.1, 0.15) is 6.04 Å². The van der Waals surface area contributed by atoms with Crippen molar-refractivity contribution in [2.45, 2.75) is 45.6 Å². The number of terminal acetylenes is 1. The first-order valence-corrected chi connectivity index (χ1v) is 5.81. The highest BCUT2D eigenvalue weighted by Gasteiger charge is 2.20. The molecular weight excluding hydrogens is 218 g/mol. The molecule has 0 fully saturated rings. The smallest absolute Gasteiger partial charge is 0.328 e. The zero-order valence-electron chi connectivity index (χ0n) is 10.8. The quantitative estimate of drug-likeness (QED) is 0.416. The minimum absolute atomic E-state index is 0.129. The highest BCUT2D eigenvalue weighted by Crippen LogP contribution is 2.05. The number of nitrogens with one attached hydrogen (secondary N) is 1. The Balaban J connectivity index is 4.24. The minimum atomic E-state index is -0.584. The third-order valence-electron chi connectivity index (χ3n) is 2.23. The predicted octanol–water partition coefficient (Wildman–Crippen LogP) is 1.49. The van der Waals surface area contributed by atoms with Crippen molar-refractivity contribution in [2.75, 3.05) is 7.11 Å². The van der Waals surface area contributed by atoms with Gasteiger partial charge in [0.2, 0.25) is 5.91 Å². The van der Waals surface area contributed by atoms with Crippen LogP contribution in [0.4, 0.5) is 0 Å². The molecule has 0 unspecified atom stereocenters. The molecule has 4 nitrogen and oxygen atoms in total. The van der Waals surface area contributed by atoms with Crippen LogP contribution in [-0.4, -0.2) is 25.0 Å². The molecule has 1 N–H and O–H groups in total. The molecule has 0 saturated carbocycles. The summed E-state index contributed by atoms with van der Waals surface area (Å²) in [5.41, 5.74) is 0. The third kappa shape index (κ3) is 7.40. The van der Waals surface area contributed by atoms with Gasteiger partial charge >= 0.3 is 5.97 Å². The lowest BCUT2D eigenvalue weighted by molar-refractivity contribution is -0.145. The first-order valence-electron chi connectivity index (χ1n) is 5.81. The van der Waals surface area contributed by atoms with Gasteiger partial charge in [-0.15, -0.1) is 12.3 Å². The molecule has 0 aliphatic carbocycles. The van der Waals surface area contributed by atoms with Gasteiger partial charge in [-0.05, 0) is 18.8 Å². The topological polar surface area (TPSA) is 55.4 Å². The summed E-state index contributed by atoms with van der Waals surface area (Å²) in [5.74, 6) is 2.22. The number of carbonyl (C=O) groups excluding carboxylic acids is 2. The molecule has 0 aliphatic heterocycles. The molecule has 0 radical (unpaired) electrons. The summed E-state index contributed by atoms with van der Waals surface area (Å²) in [6.07, 6.45) is 7.34. The number of carbonyl (C=O) groups is 2. The lowest BCUT2D eigenvalue weighted by atomic mass is 10.1. The van der Waals surface area contributed by atoms with Crippen molar-refractivity contribution in [3.05, 3.63) is 0 Å². The van der Waals surface area contributed by atoms with Gasteiger partial charge < -0.3 is 10.1 Å². The van der Waals surface area contributed by atoms with Gasteiger partial charge in [-0.25, -0.2) is 4.79 Å². The van der Waals surface area contributed by atoms with Crippen LogP contribution in [0.25, 0.3) is 0 Å². The Kier molecular flexibility index (Phi) is 7.87. The molecule has 0 heterocycles. The van der Waals surface area contributed by atoms with Crippen molar-refractivity contribution in [3.8, 4) is 12.3 Å². The summed E-state index contributed by atoms with van der Waals surface area (Å²) in [5, 5.41) is 2.68. The third-order valence-corrected chi connectivity index (χ3v) is 2.23. The fraction of sp³-hybridized carbons (Fsp3) is 0.692. The number of esters is 1. The first kappa shape index (κ1) is 15.5. The minimum Gasteiger partial charge on any atom is -0.467 e. The number of hydrogen-bond acceptors (Lipinski definition) is 3. The second-order valence-corrected chi connectivity index (χ2v) is 4.34. The zero-order chi connectivity index (χ0) is 13.3. The molecule has 0 spiro atoms. The van der Waals surface area contributed by atoms with E-state index >= 15 is 0 Å². The Bertz CT molecular complexity index is 292. The van der Waals surface area contributed by atoms with Gasteiger partial charge in [0.15, 0.2) is 0 Å². The van der Waals surface area contributed by atoms with Gasteiger partial charge in [0, 0.05) is 12.8 Å². The van der Waals surface area contributed by atoms with Gasteiger partial charge in [-0.2, -0.15) is 0 Å². The predicted molar refractivity (Wildman–Crippen MR) is 66.1 cm³/mol. The Morgan fingerprint density at radius 1 is 1.41 bits per heavy atom. The van der Waals surface area contributed by atoms with E-state index in [4.69, 9.17) is 6.42 Å². The Morgan fingerprint density at radius 3 is 2.53 bits per heavy atom. The second kappa shape index (κ2) is 8.63. The van der Waals surface area contributed by atoms with Crippen molar-refractivity contribution in [1.82, 2.24) is 5.32 Å². The van der Waals surface area contributed by atoms with Crippen LogP contribution in [0.1, 0.15) is 39.5 Å². The molecule has 4 heteroatoms. The van der Waals surface area contributed by atoms with Crippen molar-refractivity contribution in [1.29, 1.82) is 0 Å². The summed E-state index contributed by atoms with van der Waals surface area (Å²) in [7, 11) is 1.31. The van der Waals surface area contributed by atoms with Crippen LogP contribution in [0.3, 0.4) is 0 Å². The standard InChI is InChI=1S/C13H21NO3/c1-5-6-7-8-11(13(16)17-4)14-12(15)9-10(2)3/h1,10-11H,6-9H2,2-4H3,(H,14,15)/t11-/m1/s1. The summed E-state index contributed by atoms with van der Waals surface area (Å²) in [6, 6.07) is -0.584. The zero-order valence-corrected chi connectivity index (χ0v) is 10.8. The monoisotopic (exact) mass is 239 g/mol. The Labute approximate surface area is 103 Å². The van der Waals surface area contributed by atoms with E-state index in [-0.39, 0.29) is 11.8 Å². The molecule has 0 aliphatic rings. The molecule has 0 bridgehead atoms. The lowest BCUT2D eigenvalue weighted by Crippen LogP contribution is -2.41. The summed E-state index contributed by atoms with van der Waals surface area (Å²) in [4.78, 5) is 23.0. The lowest BCUT2D eigenvalue weighted by Gasteiger charge is -2.16. The maximum atomic E-state index is 11.6. The van der Waals surface area contributed by atoms with Crippen molar-refractivity contribution < 1.29 is 14.3 Å². The van der Waals surface area contributed by atoms with Gasteiger partial charge in [-0.3, -0.25) is 4.79 Å². The van der Waals surface area contributed by atoms with E-state index in [1.165, 1.54) is 7.11 Å². The molecule has 1 atom stereocenters. The summed E-state index contributed by atoms with van der Waals surface area (Å²) in [6.45, 7) is 3.90. The van der Waals surface area contributed by atoms with E-state index < -0.39 is 12.0 Å². The summed E-state index contributed by atoms with van der Waals surface area (Å²) >= 11 is 0. The molecule has 0 aromatic rings. The van der Waals surface area contributed by atoms with E-state index in [1.54, 1.807) is 0 Å². The fourth-order valence-electron chi connectivity index (χ4n) is 1.42. The number of hydrogen-bond donors (Lipinski definition) is 1. The number of unbranched alkanes of at least 4 members (excludes halogenated alkanes) is 1. The highest BCUT2D eigenvalue weighted by atomic mass is 16.5. The molecule has 17 heavy (non-hydrogen) atoms. The van der Waals surface area contributed by atoms with E-state index in [2.05, 4.69) is 16.0 Å². The first-order chi connectivity index (χ1) is 8.01. The largest absolute Gasteiger partial charge is 0.467 e.